The first-order valence-corrected chi connectivity index (χ1v) is 9.88. The molecule has 0 aromatic heterocycles. The Kier molecular flexibility index (Phi) is 10.8. The minimum Gasteiger partial charge on any atom is -0.480 e. The van der Waals surface area contributed by atoms with Gasteiger partial charge in [-0.2, -0.15) is 0 Å². The monoisotopic (exact) mass is 394 g/mol. The highest BCUT2D eigenvalue weighted by Gasteiger charge is 2.26. The minimum absolute atomic E-state index is 0.0759. The number of aliphatic carboxylic acids is 1. The molecular weight excluding hydrogens is 363 g/mol. The summed E-state index contributed by atoms with van der Waals surface area (Å²) in [6.07, 6.45) is 6.50. The fourth-order valence-electron chi connectivity index (χ4n) is 3.01. The van der Waals surface area contributed by atoms with Gasteiger partial charge < -0.3 is 15.7 Å². The van der Waals surface area contributed by atoms with E-state index in [9.17, 15) is 23.9 Å². The molecule has 3 N–H and O–H groups in total. The average molecular weight is 394 g/mol. The summed E-state index contributed by atoms with van der Waals surface area (Å²) in [6.45, 7) is 3.40. The number of carbonyl (C=O) groups is 3. The summed E-state index contributed by atoms with van der Waals surface area (Å²) in [5.74, 6) is -2.54. The smallest absolute Gasteiger partial charge is 0.326 e. The van der Waals surface area contributed by atoms with Gasteiger partial charge in [0.15, 0.2) is 0 Å². The van der Waals surface area contributed by atoms with Crippen LogP contribution in [0.4, 0.5) is 4.39 Å². The zero-order chi connectivity index (χ0) is 20.9. The SMILES string of the molecule is CCCCCCCC[C@@H](NC(=O)[C@@H](Cc1cccc(F)c1)NC(C)=O)C(=O)O. The van der Waals surface area contributed by atoms with Crippen LogP contribution in [-0.2, 0) is 20.8 Å². The molecule has 0 fully saturated rings. The van der Waals surface area contributed by atoms with E-state index in [4.69, 9.17) is 0 Å². The summed E-state index contributed by atoms with van der Waals surface area (Å²) in [6, 6.07) is 3.76. The number of halogens is 1. The van der Waals surface area contributed by atoms with Crippen molar-refractivity contribution in [2.24, 2.45) is 0 Å². The van der Waals surface area contributed by atoms with Crippen molar-refractivity contribution in [2.45, 2.75) is 77.3 Å². The van der Waals surface area contributed by atoms with Gasteiger partial charge in [-0.1, -0.05) is 57.6 Å². The van der Waals surface area contributed by atoms with E-state index in [0.717, 1.165) is 32.1 Å². The molecule has 0 saturated carbocycles. The number of benzene rings is 1. The van der Waals surface area contributed by atoms with Gasteiger partial charge in [0.2, 0.25) is 11.8 Å². The fraction of sp³-hybridized carbons (Fsp3) is 0.571. The molecule has 2 atom stereocenters. The average Bonchev–Trinajstić information content (AvgIpc) is 2.62. The maximum atomic E-state index is 13.4. The topological polar surface area (TPSA) is 95.5 Å². The van der Waals surface area contributed by atoms with Crippen molar-refractivity contribution >= 4 is 17.8 Å². The van der Waals surface area contributed by atoms with Gasteiger partial charge in [-0.3, -0.25) is 9.59 Å². The maximum absolute atomic E-state index is 13.4. The molecule has 0 unspecified atom stereocenters. The molecule has 156 valence electrons. The zero-order valence-electron chi connectivity index (χ0n) is 16.7. The van der Waals surface area contributed by atoms with Crippen molar-refractivity contribution in [1.82, 2.24) is 10.6 Å². The molecule has 28 heavy (non-hydrogen) atoms. The van der Waals surface area contributed by atoms with Crippen LogP contribution in [0, 0.1) is 5.82 Å². The standard InChI is InChI=1S/C21H31FN2O4/c1-3-4-5-6-7-8-12-18(21(27)28)24-20(26)19(23-15(2)25)14-16-10-9-11-17(22)13-16/h9-11,13,18-19H,3-8,12,14H2,1-2H3,(H,23,25)(H,24,26)(H,27,28)/t18-,19-/m1/s1. The Balaban J connectivity index is 2.66. The Morgan fingerprint density at radius 1 is 1.04 bits per heavy atom. The Bertz CT molecular complexity index is 651. The number of nitrogens with one attached hydrogen (secondary N) is 2. The van der Waals surface area contributed by atoms with Crippen molar-refractivity contribution < 1.29 is 23.9 Å². The molecule has 0 bridgehead atoms. The van der Waals surface area contributed by atoms with E-state index in [1.54, 1.807) is 6.07 Å². The fourth-order valence-corrected chi connectivity index (χ4v) is 3.01. The lowest BCUT2D eigenvalue weighted by Crippen LogP contribution is -2.52. The van der Waals surface area contributed by atoms with E-state index in [1.165, 1.54) is 25.1 Å². The lowest BCUT2D eigenvalue weighted by molar-refractivity contribution is -0.142. The van der Waals surface area contributed by atoms with E-state index < -0.39 is 35.7 Å². The van der Waals surface area contributed by atoms with Gasteiger partial charge in [0.05, 0.1) is 0 Å². The molecule has 0 heterocycles. The lowest BCUT2D eigenvalue weighted by Gasteiger charge is -2.21. The normalized spacial score (nSPS) is 12.8. The van der Waals surface area contributed by atoms with E-state index in [-0.39, 0.29) is 6.42 Å². The number of amides is 2. The number of hydrogen-bond donors (Lipinski definition) is 3. The third-order valence-corrected chi connectivity index (χ3v) is 4.48. The highest BCUT2D eigenvalue weighted by Crippen LogP contribution is 2.10. The first-order chi connectivity index (χ1) is 13.3. The first-order valence-electron chi connectivity index (χ1n) is 9.88. The molecule has 0 spiro atoms. The molecule has 1 aromatic carbocycles. The summed E-state index contributed by atoms with van der Waals surface area (Å²) in [7, 11) is 0. The summed E-state index contributed by atoms with van der Waals surface area (Å²) in [5.41, 5.74) is 0.539. The number of carboxylic acid groups (broad SMARTS) is 1. The summed E-state index contributed by atoms with van der Waals surface area (Å²) in [5, 5.41) is 14.4. The van der Waals surface area contributed by atoms with Crippen LogP contribution < -0.4 is 10.6 Å². The van der Waals surface area contributed by atoms with E-state index in [0.29, 0.717) is 18.4 Å². The number of carbonyl (C=O) groups excluding carboxylic acids is 2. The van der Waals surface area contributed by atoms with Crippen molar-refractivity contribution in [1.29, 1.82) is 0 Å². The Labute approximate surface area is 165 Å². The van der Waals surface area contributed by atoms with Crippen molar-refractivity contribution in [2.75, 3.05) is 0 Å². The van der Waals surface area contributed by atoms with E-state index in [2.05, 4.69) is 17.6 Å². The van der Waals surface area contributed by atoms with Crippen molar-refractivity contribution in [3.63, 3.8) is 0 Å². The molecule has 0 saturated heterocycles. The molecule has 1 rings (SSSR count). The van der Waals surface area contributed by atoms with Crippen molar-refractivity contribution in [3.8, 4) is 0 Å². The molecule has 6 nitrogen and oxygen atoms in total. The van der Waals surface area contributed by atoms with Crippen LogP contribution in [0.2, 0.25) is 0 Å². The lowest BCUT2D eigenvalue weighted by atomic mass is 10.0. The second kappa shape index (κ2) is 12.9. The van der Waals surface area contributed by atoms with Crippen LogP contribution in [-0.4, -0.2) is 35.0 Å². The Morgan fingerprint density at radius 3 is 2.32 bits per heavy atom. The Morgan fingerprint density at radius 2 is 1.71 bits per heavy atom. The highest BCUT2D eigenvalue weighted by atomic mass is 19.1. The molecule has 7 heteroatoms. The van der Waals surface area contributed by atoms with Gasteiger partial charge in [-0.25, -0.2) is 9.18 Å². The second-order valence-corrected chi connectivity index (χ2v) is 7.04. The van der Waals surface area contributed by atoms with Gasteiger partial charge >= 0.3 is 5.97 Å². The van der Waals surface area contributed by atoms with Crippen LogP contribution in [0.15, 0.2) is 24.3 Å². The number of unbranched alkanes of at least 4 members (excludes halogenated alkanes) is 5. The number of hydrogen-bond acceptors (Lipinski definition) is 3. The van der Waals surface area contributed by atoms with Gasteiger partial charge in [-0.05, 0) is 24.1 Å². The van der Waals surface area contributed by atoms with Crippen LogP contribution in [0.25, 0.3) is 0 Å². The van der Waals surface area contributed by atoms with Gasteiger partial charge in [0.25, 0.3) is 0 Å². The number of rotatable bonds is 13. The third kappa shape index (κ3) is 9.48. The minimum atomic E-state index is -1.10. The largest absolute Gasteiger partial charge is 0.480 e. The molecule has 2 amide bonds. The van der Waals surface area contributed by atoms with Gasteiger partial charge in [0.1, 0.15) is 17.9 Å². The molecule has 0 radical (unpaired) electrons. The zero-order valence-corrected chi connectivity index (χ0v) is 16.7. The van der Waals surface area contributed by atoms with Crippen LogP contribution in [0.3, 0.4) is 0 Å². The van der Waals surface area contributed by atoms with Crippen molar-refractivity contribution in [3.05, 3.63) is 35.6 Å². The summed E-state index contributed by atoms with van der Waals surface area (Å²) >= 11 is 0. The van der Waals surface area contributed by atoms with Crippen LogP contribution in [0.1, 0.15) is 64.4 Å². The van der Waals surface area contributed by atoms with E-state index >= 15 is 0 Å². The highest BCUT2D eigenvalue weighted by molar-refractivity contribution is 5.90. The molecule has 1 aromatic rings. The predicted molar refractivity (Wildman–Crippen MR) is 105 cm³/mol. The van der Waals surface area contributed by atoms with Crippen LogP contribution in [0.5, 0.6) is 0 Å². The number of carboxylic acids is 1. The summed E-state index contributed by atoms with van der Waals surface area (Å²) < 4.78 is 13.4. The molecule has 0 aliphatic carbocycles. The second-order valence-electron chi connectivity index (χ2n) is 7.04. The quantitative estimate of drug-likeness (QED) is 0.448. The van der Waals surface area contributed by atoms with Crippen LogP contribution >= 0.6 is 0 Å². The van der Waals surface area contributed by atoms with Gasteiger partial charge in [0, 0.05) is 13.3 Å². The van der Waals surface area contributed by atoms with Gasteiger partial charge in [-0.15, -0.1) is 0 Å². The summed E-state index contributed by atoms with van der Waals surface area (Å²) in [4.78, 5) is 35.5. The third-order valence-electron chi connectivity index (χ3n) is 4.48. The Hall–Kier alpha value is -2.44. The van der Waals surface area contributed by atoms with E-state index in [1.807, 2.05) is 0 Å². The first kappa shape index (κ1) is 23.6. The predicted octanol–water partition coefficient (Wildman–Crippen LogP) is 3.19. The molecule has 0 aliphatic rings. The maximum Gasteiger partial charge on any atom is 0.326 e. The molecular formula is C21H31FN2O4. The molecule has 0 aliphatic heterocycles.